The van der Waals surface area contributed by atoms with Gasteiger partial charge in [0, 0.05) is 52.7 Å². The van der Waals surface area contributed by atoms with Crippen LogP contribution < -0.4 is 4.90 Å². The van der Waals surface area contributed by atoms with E-state index in [1.807, 2.05) is 43.0 Å². The van der Waals surface area contributed by atoms with Gasteiger partial charge in [-0.3, -0.25) is 4.40 Å². The van der Waals surface area contributed by atoms with Gasteiger partial charge in [0.05, 0.1) is 6.20 Å². The van der Waals surface area contributed by atoms with Gasteiger partial charge in [-0.1, -0.05) is 47.1 Å². The molecule has 0 aliphatic rings. The maximum absolute atomic E-state index is 6.12. The molecule has 0 amide bonds. The number of hydrogen-bond donors (Lipinski definition) is 0. The van der Waals surface area contributed by atoms with E-state index in [0.29, 0.717) is 10.0 Å². The molecule has 0 unspecified atom stereocenters. The second-order valence-electron chi connectivity index (χ2n) is 6.21. The van der Waals surface area contributed by atoms with Crippen molar-refractivity contribution in [1.82, 2.24) is 14.4 Å². The summed E-state index contributed by atoms with van der Waals surface area (Å²) in [7, 11) is 4.04. The Bertz CT molecular complexity index is 1090. The third-order valence-corrected chi connectivity index (χ3v) is 5.53. The molecule has 4 nitrogen and oxygen atoms in total. The molecule has 0 N–H and O–H groups in total. The lowest BCUT2D eigenvalue weighted by molar-refractivity contribution is 0.984. The molecule has 0 aliphatic heterocycles. The zero-order valence-corrected chi connectivity index (χ0v) is 17.1. The zero-order valence-electron chi connectivity index (χ0n) is 14.7. The third kappa shape index (κ3) is 3.76. The summed E-state index contributed by atoms with van der Waals surface area (Å²) in [5.74, 6) is 0. The second-order valence-corrected chi connectivity index (χ2v) is 8.18. The lowest BCUT2D eigenvalue weighted by atomic mass is 10.1. The Morgan fingerprint density at radius 2 is 1.67 bits per heavy atom. The number of hydrogen-bond acceptors (Lipinski definition) is 4. The lowest BCUT2D eigenvalue weighted by Crippen LogP contribution is -2.08. The first-order valence-corrected chi connectivity index (χ1v) is 9.82. The predicted molar refractivity (Wildman–Crippen MR) is 113 cm³/mol. The van der Waals surface area contributed by atoms with Gasteiger partial charge in [0.2, 0.25) is 0 Å². The Kier molecular flexibility index (Phi) is 5.00. The first-order chi connectivity index (χ1) is 13.0. The quantitative estimate of drug-likeness (QED) is 0.414. The fraction of sp³-hybridized carbons (Fsp3) is 0.100. The minimum absolute atomic E-state index is 0.609. The van der Waals surface area contributed by atoms with Crippen LogP contribution in [0.4, 0.5) is 5.69 Å². The van der Waals surface area contributed by atoms with Crippen LogP contribution in [0.15, 0.2) is 71.0 Å². The fourth-order valence-electron chi connectivity index (χ4n) is 2.80. The fourth-order valence-corrected chi connectivity index (χ4v) is 4.42. The predicted octanol–water partition coefficient (Wildman–Crippen LogP) is 5.92. The summed E-state index contributed by atoms with van der Waals surface area (Å²) >= 11 is 13.8. The Balaban J connectivity index is 1.74. The molecule has 0 bridgehead atoms. The van der Waals surface area contributed by atoms with Gasteiger partial charge in [0.25, 0.3) is 0 Å². The number of imidazole rings is 1. The molecule has 2 heterocycles. The zero-order chi connectivity index (χ0) is 19.0. The summed E-state index contributed by atoms with van der Waals surface area (Å²) in [6.07, 6.45) is 5.57. The number of rotatable bonds is 4. The topological polar surface area (TPSA) is 33.4 Å². The number of aromatic nitrogens is 3. The number of benzene rings is 2. The van der Waals surface area contributed by atoms with E-state index in [1.54, 1.807) is 24.0 Å². The van der Waals surface area contributed by atoms with E-state index in [0.717, 1.165) is 32.5 Å². The highest BCUT2D eigenvalue weighted by Crippen LogP contribution is 2.34. The van der Waals surface area contributed by atoms with Gasteiger partial charge >= 0.3 is 0 Å². The Labute approximate surface area is 171 Å². The molecule has 0 saturated heterocycles. The van der Waals surface area contributed by atoms with E-state index in [-0.39, 0.29) is 0 Å². The van der Waals surface area contributed by atoms with Gasteiger partial charge in [-0.15, -0.1) is 0 Å². The highest BCUT2D eigenvalue weighted by molar-refractivity contribution is 7.99. The normalized spacial score (nSPS) is 11.1. The molecule has 4 aromatic rings. The monoisotopic (exact) mass is 414 g/mol. The average Bonchev–Trinajstić information content (AvgIpc) is 3.11. The third-order valence-electron chi connectivity index (χ3n) is 4.11. The van der Waals surface area contributed by atoms with Crippen molar-refractivity contribution in [3.8, 4) is 11.3 Å². The van der Waals surface area contributed by atoms with E-state index < -0.39 is 0 Å². The largest absolute Gasteiger partial charge is 0.378 e. The number of fused-ring (bicyclic) bond motifs is 1. The second kappa shape index (κ2) is 7.43. The van der Waals surface area contributed by atoms with E-state index in [4.69, 9.17) is 23.2 Å². The smallest absolute Gasteiger partial charge is 0.164 e. The van der Waals surface area contributed by atoms with Crippen LogP contribution in [-0.4, -0.2) is 28.5 Å². The molecule has 0 saturated carbocycles. The molecular weight excluding hydrogens is 399 g/mol. The van der Waals surface area contributed by atoms with Crippen molar-refractivity contribution in [3.63, 3.8) is 0 Å². The SMILES string of the molecule is CN(C)c1ccc(-c2ncc(Sc3cc(Cl)cc(Cl)c3)n3ccnc23)cc1. The summed E-state index contributed by atoms with van der Waals surface area (Å²) in [5, 5.41) is 2.16. The highest BCUT2D eigenvalue weighted by Gasteiger charge is 2.12. The van der Waals surface area contributed by atoms with Crippen molar-refractivity contribution in [2.24, 2.45) is 0 Å². The Morgan fingerprint density at radius 1 is 0.963 bits per heavy atom. The van der Waals surface area contributed by atoms with E-state index in [2.05, 4.69) is 39.1 Å². The Hall–Kier alpha value is -2.21. The minimum atomic E-state index is 0.609. The van der Waals surface area contributed by atoms with Crippen LogP contribution in [0, 0.1) is 0 Å². The van der Waals surface area contributed by atoms with Crippen LogP contribution in [0.3, 0.4) is 0 Å². The molecule has 0 fully saturated rings. The van der Waals surface area contributed by atoms with E-state index in [1.165, 1.54) is 0 Å². The molecule has 2 aromatic heterocycles. The molecule has 7 heteroatoms. The van der Waals surface area contributed by atoms with Gasteiger partial charge < -0.3 is 4.90 Å². The standard InChI is InChI=1S/C20H16Cl2N4S/c1-25(2)16-5-3-13(4-6-16)19-20-23-7-8-26(20)18(12-24-19)27-17-10-14(21)9-15(22)11-17/h3-12H,1-2H3. The van der Waals surface area contributed by atoms with Gasteiger partial charge in [-0.25, -0.2) is 9.97 Å². The van der Waals surface area contributed by atoms with Crippen LogP contribution in [0.2, 0.25) is 10.0 Å². The highest BCUT2D eigenvalue weighted by atomic mass is 35.5. The van der Waals surface area contributed by atoms with Crippen molar-refractivity contribution in [3.05, 3.63) is 71.1 Å². The van der Waals surface area contributed by atoms with Crippen molar-refractivity contribution >= 4 is 46.3 Å². The van der Waals surface area contributed by atoms with Crippen molar-refractivity contribution in [1.29, 1.82) is 0 Å². The van der Waals surface area contributed by atoms with Gasteiger partial charge in [0.15, 0.2) is 5.65 Å². The summed E-state index contributed by atoms with van der Waals surface area (Å²) in [4.78, 5) is 12.2. The number of anilines is 1. The summed E-state index contributed by atoms with van der Waals surface area (Å²) in [6, 6.07) is 13.8. The first kappa shape index (κ1) is 18.2. The van der Waals surface area contributed by atoms with Gasteiger partial charge in [-0.05, 0) is 30.3 Å². The summed E-state index contributed by atoms with van der Waals surface area (Å²) < 4.78 is 2.03. The lowest BCUT2D eigenvalue weighted by Gasteiger charge is -2.13. The number of nitrogens with zero attached hydrogens (tertiary/aromatic N) is 4. The van der Waals surface area contributed by atoms with E-state index >= 15 is 0 Å². The van der Waals surface area contributed by atoms with Crippen molar-refractivity contribution < 1.29 is 0 Å². The van der Waals surface area contributed by atoms with Gasteiger partial charge in [0.1, 0.15) is 10.7 Å². The summed E-state index contributed by atoms with van der Waals surface area (Å²) in [5.41, 5.74) is 3.83. The minimum Gasteiger partial charge on any atom is -0.378 e. The average molecular weight is 415 g/mol. The van der Waals surface area contributed by atoms with Crippen LogP contribution in [-0.2, 0) is 0 Å². The molecule has 4 rings (SSSR count). The Morgan fingerprint density at radius 3 is 2.33 bits per heavy atom. The van der Waals surface area contributed by atoms with Crippen LogP contribution >= 0.6 is 35.0 Å². The van der Waals surface area contributed by atoms with Crippen LogP contribution in [0.1, 0.15) is 0 Å². The molecule has 0 aliphatic carbocycles. The van der Waals surface area contributed by atoms with E-state index in [9.17, 15) is 0 Å². The molecule has 2 aromatic carbocycles. The molecule has 0 spiro atoms. The molecule has 136 valence electrons. The number of halogens is 2. The van der Waals surface area contributed by atoms with Crippen LogP contribution in [0.25, 0.3) is 16.9 Å². The molecule has 0 radical (unpaired) electrons. The maximum atomic E-state index is 6.12. The molecule has 27 heavy (non-hydrogen) atoms. The van der Waals surface area contributed by atoms with Crippen LogP contribution in [0.5, 0.6) is 0 Å². The van der Waals surface area contributed by atoms with Crippen molar-refractivity contribution in [2.45, 2.75) is 9.92 Å². The van der Waals surface area contributed by atoms with Crippen molar-refractivity contribution in [2.75, 3.05) is 19.0 Å². The molecular formula is C20H16Cl2N4S. The maximum Gasteiger partial charge on any atom is 0.164 e. The summed E-state index contributed by atoms with van der Waals surface area (Å²) in [6.45, 7) is 0. The van der Waals surface area contributed by atoms with Gasteiger partial charge in [-0.2, -0.15) is 0 Å². The first-order valence-electron chi connectivity index (χ1n) is 8.25. The molecule has 0 atom stereocenters.